The van der Waals surface area contributed by atoms with Gasteiger partial charge in [0.15, 0.2) is 0 Å². The molecule has 0 radical (unpaired) electrons. The molecule has 1 saturated carbocycles. The average molecular weight is 328 g/mol. The number of carbonyl (C=O) groups excluding carboxylic acids is 1. The van der Waals surface area contributed by atoms with Crippen LogP contribution in [0.15, 0.2) is 36.1 Å². The first-order chi connectivity index (χ1) is 10.8. The summed E-state index contributed by atoms with van der Waals surface area (Å²) < 4.78 is 27.9. The summed E-state index contributed by atoms with van der Waals surface area (Å²) in [5.74, 6) is 1.10. The first kappa shape index (κ1) is 21.6. The summed E-state index contributed by atoms with van der Waals surface area (Å²) >= 11 is 0. The van der Waals surface area contributed by atoms with Crippen LogP contribution in [0.5, 0.6) is 0 Å². The van der Waals surface area contributed by atoms with Crippen LogP contribution < -0.4 is 0 Å². The van der Waals surface area contributed by atoms with Crippen LogP contribution in [0.25, 0.3) is 0 Å². The molecule has 0 spiro atoms. The number of hydrogen-bond donors (Lipinski definition) is 0. The van der Waals surface area contributed by atoms with Crippen molar-refractivity contribution in [2.24, 2.45) is 11.3 Å². The van der Waals surface area contributed by atoms with E-state index < -0.39 is 6.17 Å². The maximum absolute atomic E-state index is 13.0. The van der Waals surface area contributed by atoms with Gasteiger partial charge < -0.3 is 4.74 Å². The zero-order valence-corrected chi connectivity index (χ0v) is 15.0. The molecular weight excluding hydrogens is 298 g/mol. The molecule has 0 amide bonds. The van der Waals surface area contributed by atoms with Crippen molar-refractivity contribution in [3.63, 3.8) is 0 Å². The maximum Gasteiger partial charge on any atom is 0.136 e. The number of ketones is 1. The van der Waals surface area contributed by atoms with Gasteiger partial charge in [-0.3, -0.25) is 9.18 Å². The fraction of sp³-hybridized carbons (Fsp3) is 0.632. The van der Waals surface area contributed by atoms with E-state index in [0.29, 0.717) is 25.1 Å². The lowest BCUT2D eigenvalue weighted by molar-refractivity contribution is -0.126. The molecule has 1 atom stereocenters. The molecule has 1 fully saturated rings. The Bertz CT molecular complexity index is 444. The van der Waals surface area contributed by atoms with Gasteiger partial charge in [-0.15, -0.1) is 0 Å². The van der Waals surface area contributed by atoms with Gasteiger partial charge in [-0.2, -0.15) is 0 Å². The van der Waals surface area contributed by atoms with Crippen molar-refractivity contribution in [3.8, 4) is 0 Å². The Morgan fingerprint density at radius 3 is 2.30 bits per heavy atom. The zero-order chi connectivity index (χ0) is 18.0. The van der Waals surface area contributed by atoms with Crippen molar-refractivity contribution in [2.75, 3.05) is 14.3 Å². The predicted octanol–water partition coefficient (Wildman–Crippen LogP) is 5.36. The van der Waals surface area contributed by atoms with E-state index in [4.69, 9.17) is 4.74 Å². The molecule has 1 aliphatic carbocycles. The summed E-state index contributed by atoms with van der Waals surface area (Å²) in [6.45, 7) is 9.31. The van der Waals surface area contributed by atoms with Gasteiger partial charge in [-0.05, 0) is 37.5 Å². The molecule has 4 heteroatoms. The van der Waals surface area contributed by atoms with E-state index in [1.54, 1.807) is 19.3 Å². The third kappa shape index (κ3) is 6.67. The second-order valence-electron chi connectivity index (χ2n) is 6.38. The summed E-state index contributed by atoms with van der Waals surface area (Å²) in [7, 11) is 2.05. The van der Waals surface area contributed by atoms with Crippen molar-refractivity contribution in [1.82, 2.24) is 0 Å². The van der Waals surface area contributed by atoms with E-state index in [2.05, 4.69) is 6.58 Å². The lowest BCUT2D eigenvalue weighted by atomic mass is 9.73. The Labute approximate surface area is 139 Å². The van der Waals surface area contributed by atoms with Gasteiger partial charge in [0.05, 0.1) is 14.3 Å². The normalized spacial score (nSPS) is 17.5. The summed E-state index contributed by atoms with van der Waals surface area (Å²) in [4.78, 5) is 12.3. The van der Waals surface area contributed by atoms with Crippen LogP contribution >= 0.6 is 0 Å². The van der Waals surface area contributed by atoms with Gasteiger partial charge in [-0.1, -0.05) is 32.9 Å². The lowest BCUT2D eigenvalue weighted by Crippen LogP contribution is -2.28. The van der Waals surface area contributed by atoms with Crippen molar-refractivity contribution < 1.29 is 18.3 Å². The number of ether oxygens (including phenoxy) is 1. The molecule has 0 aromatic heterocycles. The topological polar surface area (TPSA) is 26.3 Å². The molecule has 0 aromatic carbocycles. The molecule has 0 bridgehead atoms. The minimum atomic E-state index is -1.04. The van der Waals surface area contributed by atoms with Gasteiger partial charge >= 0.3 is 0 Å². The molecule has 0 aliphatic heterocycles. The molecule has 132 valence electrons. The Morgan fingerprint density at radius 2 is 1.96 bits per heavy atom. The molecule has 0 aromatic rings. The highest BCUT2D eigenvalue weighted by Crippen LogP contribution is 2.38. The minimum Gasteiger partial charge on any atom is -0.496 e. The number of hydrogen-bond acceptors (Lipinski definition) is 2. The van der Waals surface area contributed by atoms with Crippen LogP contribution in [0, 0.1) is 11.3 Å². The number of allylic oxidation sites excluding steroid dienone is 4. The SMILES string of the molecule is C=C/C(=C(\C=C/C(C)F)OC)C(C)(C)CC(=O)C1CCC1.CF. The van der Waals surface area contributed by atoms with Crippen LogP contribution in [-0.4, -0.2) is 26.2 Å². The van der Waals surface area contributed by atoms with E-state index in [9.17, 15) is 13.6 Å². The van der Waals surface area contributed by atoms with Gasteiger partial charge in [0.2, 0.25) is 0 Å². The number of methoxy groups -OCH3 is 1. The highest BCUT2D eigenvalue weighted by molar-refractivity contribution is 5.82. The number of Topliss-reactive ketones (excluding diaryl/α,β-unsaturated/α-hetero) is 1. The number of alkyl halides is 2. The summed E-state index contributed by atoms with van der Waals surface area (Å²) in [5.41, 5.74) is 0.471. The Morgan fingerprint density at radius 1 is 1.39 bits per heavy atom. The minimum absolute atomic E-state index is 0.225. The largest absolute Gasteiger partial charge is 0.496 e. The molecule has 23 heavy (non-hydrogen) atoms. The Kier molecular flexibility index (Phi) is 9.70. The quantitative estimate of drug-likeness (QED) is 0.443. The number of rotatable bonds is 8. The van der Waals surface area contributed by atoms with Crippen molar-refractivity contribution in [1.29, 1.82) is 0 Å². The van der Waals surface area contributed by atoms with E-state index in [0.717, 1.165) is 24.8 Å². The van der Waals surface area contributed by atoms with Crippen LogP contribution in [0.3, 0.4) is 0 Å². The molecule has 1 aliphatic rings. The molecule has 0 heterocycles. The molecule has 2 nitrogen and oxygen atoms in total. The highest BCUT2D eigenvalue weighted by atomic mass is 19.1. The van der Waals surface area contributed by atoms with Crippen molar-refractivity contribution >= 4 is 5.78 Å². The number of halogens is 2. The fourth-order valence-electron chi connectivity index (χ4n) is 2.60. The third-order valence-electron chi connectivity index (χ3n) is 4.11. The number of carbonyl (C=O) groups is 1. The van der Waals surface area contributed by atoms with Crippen LogP contribution in [0.1, 0.15) is 46.5 Å². The second-order valence-corrected chi connectivity index (χ2v) is 6.38. The first-order valence-electron chi connectivity index (χ1n) is 7.95. The Hall–Kier alpha value is -1.45. The summed E-state index contributed by atoms with van der Waals surface area (Å²) in [5, 5.41) is 0. The monoisotopic (exact) mass is 328 g/mol. The summed E-state index contributed by atoms with van der Waals surface area (Å²) in [6, 6.07) is 0. The Balaban J connectivity index is 0.00000232. The molecular formula is C19H30F2O2. The van der Waals surface area contributed by atoms with Gasteiger partial charge in [0.1, 0.15) is 17.7 Å². The molecule has 1 rings (SSSR count). The smallest absolute Gasteiger partial charge is 0.136 e. The van der Waals surface area contributed by atoms with E-state index in [-0.39, 0.29) is 11.3 Å². The van der Waals surface area contributed by atoms with E-state index in [1.165, 1.54) is 13.0 Å². The predicted molar refractivity (Wildman–Crippen MR) is 91.7 cm³/mol. The second kappa shape index (κ2) is 10.3. The summed E-state index contributed by atoms with van der Waals surface area (Å²) in [6.07, 6.45) is 7.37. The molecule has 1 unspecified atom stereocenters. The third-order valence-corrected chi connectivity index (χ3v) is 4.11. The fourth-order valence-corrected chi connectivity index (χ4v) is 2.60. The molecule has 0 saturated heterocycles. The standard InChI is InChI=1S/C18H27FO2.CH3F/c1-6-15(17(21-5)11-10-13(2)19)18(3,4)12-16(20)14-8-7-9-14;1-2/h6,10-11,13-14H,1,7-9,12H2,2-5H3;1H3/b11-10-,17-15-;. The van der Waals surface area contributed by atoms with E-state index in [1.807, 2.05) is 13.8 Å². The lowest BCUT2D eigenvalue weighted by Gasteiger charge is -2.31. The van der Waals surface area contributed by atoms with Gasteiger partial charge in [0, 0.05) is 17.8 Å². The maximum atomic E-state index is 13.0. The van der Waals surface area contributed by atoms with Gasteiger partial charge in [-0.25, -0.2) is 4.39 Å². The van der Waals surface area contributed by atoms with E-state index >= 15 is 0 Å². The van der Waals surface area contributed by atoms with Crippen LogP contribution in [0.2, 0.25) is 0 Å². The van der Waals surface area contributed by atoms with Crippen LogP contribution in [-0.2, 0) is 9.53 Å². The van der Waals surface area contributed by atoms with Crippen molar-refractivity contribution in [3.05, 3.63) is 36.1 Å². The highest BCUT2D eigenvalue weighted by Gasteiger charge is 2.33. The van der Waals surface area contributed by atoms with Crippen molar-refractivity contribution in [2.45, 2.75) is 52.6 Å². The average Bonchev–Trinajstić information content (AvgIpc) is 2.42. The van der Waals surface area contributed by atoms with Gasteiger partial charge in [0.25, 0.3) is 0 Å². The van der Waals surface area contributed by atoms with Crippen LogP contribution in [0.4, 0.5) is 8.78 Å². The first-order valence-corrected chi connectivity index (χ1v) is 7.95. The molecule has 0 N–H and O–H groups in total. The zero-order valence-electron chi connectivity index (χ0n) is 15.0.